The molecule has 4 heteroatoms. The van der Waals surface area contributed by atoms with Crippen molar-refractivity contribution in [1.82, 2.24) is 4.98 Å². The van der Waals surface area contributed by atoms with E-state index in [-0.39, 0.29) is 5.69 Å². The Morgan fingerprint density at radius 1 is 1.41 bits per heavy atom. The van der Waals surface area contributed by atoms with Crippen molar-refractivity contribution in [3.05, 3.63) is 41.7 Å². The van der Waals surface area contributed by atoms with Gasteiger partial charge in [0, 0.05) is 5.39 Å². The smallest absolute Gasteiger partial charge is 0.356 e. The van der Waals surface area contributed by atoms with Crippen LogP contribution in [-0.2, 0) is 4.74 Å². The van der Waals surface area contributed by atoms with Crippen LogP contribution in [0.2, 0.25) is 0 Å². The summed E-state index contributed by atoms with van der Waals surface area (Å²) in [5, 5.41) is 11.4. The molecule has 0 fully saturated rings. The number of benzene rings is 1. The lowest BCUT2D eigenvalue weighted by Gasteiger charge is -2.10. The van der Waals surface area contributed by atoms with Gasteiger partial charge in [0.1, 0.15) is 5.69 Å². The van der Waals surface area contributed by atoms with Crippen molar-refractivity contribution in [3.63, 3.8) is 0 Å². The summed E-state index contributed by atoms with van der Waals surface area (Å²) >= 11 is 0. The molecular weight excluding hydrogens is 218 g/mol. The summed E-state index contributed by atoms with van der Waals surface area (Å²) in [6.07, 6.45) is -0.732. The van der Waals surface area contributed by atoms with Crippen LogP contribution in [0.25, 0.3) is 10.8 Å². The highest BCUT2D eigenvalue weighted by atomic mass is 16.5. The van der Waals surface area contributed by atoms with Crippen molar-refractivity contribution in [2.75, 3.05) is 7.11 Å². The number of fused-ring (bicyclic) bond motifs is 1. The summed E-state index contributed by atoms with van der Waals surface area (Å²) in [6.45, 7) is 1.62. The molecule has 0 bridgehead atoms. The molecule has 2 aromatic rings. The molecule has 0 aliphatic rings. The average molecular weight is 231 g/mol. The summed E-state index contributed by atoms with van der Waals surface area (Å²) in [7, 11) is 1.31. The molecule has 1 heterocycles. The molecule has 0 amide bonds. The van der Waals surface area contributed by atoms with Gasteiger partial charge < -0.3 is 9.84 Å². The molecule has 1 aromatic carbocycles. The maximum atomic E-state index is 11.5. The summed E-state index contributed by atoms with van der Waals surface area (Å²) < 4.78 is 4.64. The topological polar surface area (TPSA) is 59.4 Å². The Labute approximate surface area is 98.9 Å². The van der Waals surface area contributed by atoms with Gasteiger partial charge in [-0.2, -0.15) is 0 Å². The number of rotatable bonds is 2. The molecule has 0 spiro atoms. The van der Waals surface area contributed by atoms with Crippen LogP contribution in [0.15, 0.2) is 30.3 Å². The first-order valence-corrected chi connectivity index (χ1v) is 5.29. The molecule has 1 unspecified atom stereocenters. The maximum absolute atomic E-state index is 11.5. The van der Waals surface area contributed by atoms with Crippen molar-refractivity contribution in [1.29, 1.82) is 0 Å². The van der Waals surface area contributed by atoms with Crippen LogP contribution in [-0.4, -0.2) is 23.2 Å². The lowest BCUT2D eigenvalue weighted by Crippen LogP contribution is -2.08. The SMILES string of the molecule is COC(=O)c1cc2ccccc2c(C(C)O)n1. The second kappa shape index (κ2) is 4.51. The molecule has 0 radical (unpaired) electrons. The number of ether oxygens (including phenoxy) is 1. The van der Waals surface area contributed by atoms with E-state index in [2.05, 4.69) is 9.72 Å². The molecule has 4 nitrogen and oxygen atoms in total. The van der Waals surface area contributed by atoms with Crippen LogP contribution in [0, 0.1) is 0 Å². The van der Waals surface area contributed by atoms with Crippen molar-refractivity contribution in [2.24, 2.45) is 0 Å². The summed E-state index contributed by atoms with van der Waals surface area (Å²) in [6, 6.07) is 9.14. The first kappa shape index (κ1) is 11.5. The van der Waals surface area contributed by atoms with E-state index in [1.807, 2.05) is 24.3 Å². The van der Waals surface area contributed by atoms with E-state index in [0.717, 1.165) is 10.8 Å². The minimum atomic E-state index is -0.732. The summed E-state index contributed by atoms with van der Waals surface area (Å²) in [5.41, 5.74) is 0.700. The third-order valence-electron chi connectivity index (χ3n) is 2.56. The molecule has 0 saturated carbocycles. The molecule has 17 heavy (non-hydrogen) atoms. The maximum Gasteiger partial charge on any atom is 0.356 e. The van der Waals surface area contributed by atoms with E-state index < -0.39 is 12.1 Å². The number of carbonyl (C=O) groups excluding carboxylic acids is 1. The predicted molar refractivity (Wildman–Crippen MR) is 63.7 cm³/mol. The van der Waals surface area contributed by atoms with Crippen LogP contribution in [0.1, 0.15) is 29.2 Å². The number of methoxy groups -OCH3 is 1. The monoisotopic (exact) mass is 231 g/mol. The Morgan fingerprint density at radius 2 is 2.12 bits per heavy atom. The fourth-order valence-corrected chi connectivity index (χ4v) is 1.75. The van der Waals surface area contributed by atoms with Gasteiger partial charge in [0.05, 0.1) is 18.9 Å². The number of pyridine rings is 1. The summed E-state index contributed by atoms with van der Waals surface area (Å²) in [5.74, 6) is -0.502. The van der Waals surface area contributed by atoms with Crippen LogP contribution >= 0.6 is 0 Å². The van der Waals surface area contributed by atoms with Gasteiger partial charge in [-0.05, 0) is 18.4 Å². The zero-order chi connectivity index (χ0) is 12.4. The standard InChI is InChI=1S/C13H13NO3/c1-8(15)12-10-6-4-3-5-9(10)7-11(14-12)13(16)17-2/h3-8,15H,1-2H3. The number of aliphatic hydroxyl groups is 1. The lowest BCUT2D eigenvalue weighted by atomic mass is 10.1. The highest BCUT2D eigenvalue weighted by Gasteiger charge is 2.14. The van der Waals surface area contributed by atoms with Crippen molar-refractivity contribution >= 4 is 16.7 Å². The van der Waals surface area contributed by atoms with Gasteiger partial charge in [-0.3, -0.25) is 0 Å². The normalized spacial score (nSPS) is 12.4. The van der Waals surface area contributed by atoms with Gasteiger partial charge in [-0.1, -0.05) is 24.3 Å². The second-order valence-electron chi connectivity index (χ2n) is 3.78. The minimum Gasteiger partial charge on any atom is -0.464 e. The average Bonchev–Trinajstić information content (AvgIpc) is 2.36. The van der Waals surface area contributed by atoms with Crippen molar-refractivity contribution in [3.8, 4) is 0 Å². The van der Waals surface area contributed by atoms with E-state index in [4.69, 9.17) is 0 Å². The number of hydrogen-bond acceptors (Lipinski definition) is 4. The zero-order valence-corrected chi connectivity index (χ0v) is 9.68. The predicted octanol–water partition coefficient (Wildman–Crippen LogP) is 2.07. The van der Waals surface area contributed by atoms with Crippen LogP contribution in [0.5, 0.6) is 0 Å². The number of aliphatic hydroxyl groups excluding tert-OH is 1. The quantitative estimate of drug-likeness (QED) is 0.804. The highest BCUT2D eigenvalue weighted by molar-refractivity contribution is 5.94. The molecule has 1 N–H and O–H groups in total. The van der Waals surface area contributed by atoms with Gasteiger partial charge >= 0.3 is 5.97 Å². The molecule has 0 aliphatic carbocycles. The lowest BCUT2D eigenvalue weighted by molar-refractivity contribution is 0.0593. The van der Waals surface area contributed by atoms with Crippen LogP contribution in [0.3, 0.4) is 0 Å². The van der Waals surface area contributed by atoms with Crippen molar-refractivity contribution in [2.45, 2.75) is 13.0 Å². The molecular formula is C13H13NO3. The minimum absolute atomic E-state index is 0.210. The number of hydrogen-bond donors (Lipinski definition) is 1. The van der Waals surface area contributed by atoms with E-state index in [0.29, 0.717) is 5.69 Å². The van der Waals surface area contributed by atoms with Gasteiger partial charge in [0.15, 0.2) is 0 Å². The Morgan fingerprint density at radius 3 is 2.76 bits per heavy atom. The highest BCUT2D eigenvalue weighted by Crippen LogP contribution is 2.23. The first-order valence-electron chi connectivity index (χ1n) is 5.29. The van der Waals surface area contributed by atoms with Gasteiger partial charge in [0.25, 0.3) is 0 Å². The molecule has 0 aliphatic heterocycles. The van der Waals surface area contributed by atoms with E-state index in [1.165, 1.54) is 7.11 Å². The molecule has 1 atom stereocenters. The van der Waals surface area contributed by atoms with Crippen LogP contribution in [0.4, 0.5) is 0 Å². The van der Waals surface area contributed by atoms with Crippen molar-refractivity contribution < 1.29 is 14.6 Å². The van der Waals surface area contributed by atoms with Gasteiger partial charge in [-0.15, -0.1) is 0 Å². The van der Waals surface area contributed by atoms with E-state index >= 15 is 0 Å². The van der Waals surface area contributed by atoms with E-state index in [9.17, 15) is 9.90 Å². The van der Waals surface area contributed by atoms with Crippen LogP contribution < -0.4 is 0 Å². The molecule has 88 valence electrons. The largest absolute Gasteiger partial charge is 0.464 e. The van der Waals surface area contributed by atoms with Gasteiger partial charge in [-0.25, -0.2) is 9.78 Å². The first-order chi connectivity index (χ1) is 8.13. The van der Waals surface area contributed by atoms with E-state index in [1.54, 1.807) is 13.0 Å². The second-order valence-corrected chi connectivity index (χ2v) is 3.78. The van der Waals surface area contributed by atoms with Gasteiger partial charge in [0.2, 0.25) is 0 Å². The Bertz CT molecular complexity index is 564. The Balaban J connectivity index is 2.71. The summed E-state index contributed by atoms with van der Waals surface area (Å²) in [4.78, 5) is 15.6. The molecule has 0 saturated heterocycles. The third kappa shape index (κ3) is 2.12. The zero-order valence-electron chi connectivity index (χ0n) is 9.68. The number of esters is 1. The fraction of sp³-hybridized carbons (Fsp3) is 0.231. The number of aromatic nitrogens is 1. The molecule has 2 rings (SSSR count). The number of carbonyl (C=O) groups is 1. The fourth-order valence-electron chi connectivity index (χ4n) is 1.75. The Hall–Kier alpha value is -1.94. The molecule has 1 aromatic heterocycles. The third-order valence-corrected chi connectivity index (χ3v) is 2.56. The Kier molecular flexibility index (Phi) is 3.06. The number of nitrogens with zero attached hydrogens (tertiary/aromatic N) is 1.